The molecule has 24 heavy (non-hydrogen) atoms. The van der Waals surface area contributed by atoms with Crippen LogP contribution in [-0.2, 0) is 4.79 Å². The summed E-state index contributed by atoms with van der Waals surface area (Å²) < 4.78 is 0. The fraction of sp³-hybridized carbons (Fsp3) is 0.938. The highest BCUT2D eigenvalue weighted by Gasteiger charge is 2.70. The molecule has 0 radical (unpaired) electrons. The van der Waals surface area contributed by atoms with Gasteiger partial charge in [-0.3, -0.25) is 14.6 Å². The van der Waals surface area contributed by atoms with Gasteiger partial charge in [-0.25, -0.2) is 0 Å². The molecule has 4 aliphatic heterocycles. The lowest BCUT2D eigenvalue weighted by molar-refractivity contribution is -1.17. The van der Waals surface area contributed by atoms with Crippen LogP contribution in [0.2, 0.25) is 0 Å². The first-order valence-electron chi connectivity index (χ1n) is 8.76. The lowest BCUT2D eigenvalue weighted by atomic mass is 9.60. The van der Waals surface area contributed by atoms with E-state index in [0.717, 1.165) is 16.2 Å². The van der Waals surface area contributed by atoms with E-state index in [2.05, 4.69) is 0 Å². The van der Waals surface area contributed by atoms with Crippen LogP contribution < -0.4 is 9.80 Å². The highest BCUT2D eigenvalue weighted by Crippen LogP contribution is 2.37. The van der Waals surface area contributed by atoms with Gasteiger partial charge in [0.15, 0.2) is 11.9 Å². The number of aliphatic hydroxyl groups is 5. The van der Waals surface area contributed by atoms with Crippen molar-refractivity contribution in [2.24, 2.45) is 10.8 Å². The van der Waals surface area contributed by atoms with Crippen LogP contribution in [0.1, 0.15) is 20.3 Å². The second kappa shape index (κ2) is 5.98. The Morgan fingerprint density at radius 3 is 2.08 bits per heavy atom. The summed E-state index contributed by atoms with van der Waals surface area (Å²) in [5.74, 6) is 0.328. The Balaban J connectivity index is 1.82. The molecule has 8 nitrogen and oxygen atoms in total. The topological polar surface area (TPSA) is 127 Å². The molecule has 0 aromatic rings. The summed E-state index contributed by atoms with van der Waals surface area (Å²) >= 11 is 0. The number of carbonyl (C=O) groups excluding carboxylic acids is 1. The molecule has 2 unspecified atom stereocenters. The number of hydrogen-bond acceptors (Lipinski definition) is 6. The van der Waals surface area contributed by atoms with Crippen molar-refractivity contribution in [3.8, 4) is 0 Å². The average molecular weight is 346 g/mol. The van der Waals surface area contributed by atoms with Crippen LogP contribution in [0, 0.1) is 10.8 Å². The van der Waals surface area contributed by atoms with Crippen LogP contribution in [0.4, 0.5) is 0 Å². The van der Waals surface area contributed by atoms with Gasteiger partial charge < -0.3 is 25.5 Å². The average Bonchev–Trinajstić information content (AvgIpc) is 2.55. The van der Waals surface area contributed by atoms with E-state index in [4.69, 9.17) is 5.11 Å². The molecule has 0 spiro atoms. The molecule has 8 heteroatoms. The van der Waals surface area contributed by atoms with E-state index in [1.165, 1.54) is 0 Å². The maximum atomic E-state index is 12.9. The quantitative estimate of drug-likeness (QED) is 0.257. The molecular formula is C16H30N2O6+2. The van der Waals surface area contributed by atoms with Crippen molar-refractivity contribution in [1.29, 1.82) is 0 Å². The van der Waals surface area contributed by atoms with Crippen molar-refractivity contribution in [1.82, 2.24) is 0 Å². The molecule has 7 N–H and O–H groups in total. The van der Waals surface area contributed by atoms with E-state index in [-0.39, 0.29) is 11.6 Å². The van der Waals surface area contributed by atoms with Gasteiger partial charge in [0.2, 0.25) is 6.17 Å². The third kappa shape index (κ3) is 2.44. The van der Waals surface area contributed by atoms with Gasteiger partial charge in [-0.05, 0) is 13.3 Å². The van der Waals surface area contributed by atoms with Crippen molar-refractivity contribution in [2.45, 2.75) is 50.8 Å². The lowest BCUT2D eigenvalue weighted by Crippen LogP contribution is -3.46. The van der Waals surface area contributed by atoms with Gasteiger partial charge in [-0.1, -0.05) is 6.92 Å². The zero-order chi connectivity index (χ0) is 17.9. The van der Waals surface area contributed by atoms with Crippen molar-refractivity contribution >= 4 is 5.78 Å². The summed E-state index contributed by atoms with van der Waals surface area (Å²) in [5, 5.41) is 49.2. The van der Waals surface area contributed by atoms with Crippen LogP contribution in [0.25, 0.3) is 0 Å². The largest absolute Gasteiger partial charge is 0.394 e. The number of Topliss-reactive ketones (excluding diaryl/α,β-unsaturated/α-hetero) is 1. The number of piperidine rings is 2. The SMILES string of the molecule is CCC12C[NH+]3CC(C)(C[NH+](C1)C3[C@H](O)[C@H](O)[C@H](O)[C@H](O)CO)C2=O. The second-order valence-electron chi connectivity index (χ2n) is 8.25. The Morgan fingerprint density at radius 2 is 1.62 bits per heavy atom. The first kappa shape index (κ1) is 18.2. The highest BCUT2D eigenvalue weighted by molar-refractivity contribution is 5.91. The predicted octanol–water partition coefficient (Wildman–Crippen LogP) is -5.47. The summed E-state index contributed by atoms with van der Waals surface area (Å²) in [6.45, 7) is 5.82. The summed E-state index contributed by atoms with van der Waals surface area (Å²) in [7, 11) is 0. The zero-order valence-corrected chi connectivity index (χ0v) is 14.3. The van der Waals surface area contributed by atoms with Gasteiger partial charge in [0, 0.05) is 0 Å². The molecule has 0 amide bonds. The summed E-state index contributed by atoms with van der Waals surface area (Å²) in [6, 6.07) is 0. The molecule has 0 aromatic carbocycles. The third-order valence-electron chi connectivity index (χ3n) is 6.57. The zero-order valence-electron chi connectivity index (χ0n) is 14.3. The monoisotopic (exact) mass is 346 g/mol. The van der Waals surface area contributed by atoms with E-state index < -0.39 is 36.4 Å². The third-order valence-corrected chi connectivity index (χ3v) is 6.57. The van der Waals surface area contributed by atoms with E-state index >= 15 is 0 Å². The Kier molecular flexibility index (Phi) is 4.53. The van der Waals surface area contributed by atoms with Crippen molar-refractivity contribution in [3.63, 3.8) is 0 Å². The maximum absolute atomic E-state index is 12.9. The smallest absolute Gasteiger partial charge is 0.242 e. The van der Waals surface area contributed by atoms with Crippen LogP contribution in [0.3, 0.4) is 0 Å². The van der Waals surface area contributed by atoms with Crippen molar-refractivity contribution in [3.05, 3.63) is 0 Å². The molecule has 6 atom stereocenters. The Labute approximate surface area is 141 Å². The molecule has 4 bridgehead atoms. The number of aliphatic hydroxyl groups excluding tert-OH is 5. The molecule has 138 valence electrons. The van der Waals surface area contributed by atoms with Crippen LogP contribution in [0.5, 0.6) is 0 Å². The van der Waals surface area contributed by atoms with E-state index in [1.54, 1.807) is 0 Å². The first-order chi connectivity index (χ1) is 11.2. The first-order valence-corrected chi connectivity index (χ1v) is 8.76. The maximum Gasteiger partial charge on any atom is 0.242 e. The number of ketones is 1. The molecule has 0 aromatic heterocycles. The van der Waals surface area contributed by atoms with Gasteiger partial charge in [0.1, 0.15) is 42.2 Å². The Morgan fingerprint density at radius 1 is 1.08 bits per heavy atom. The van der Waals surface area contributed by atoms with Crippen molar-refractivity contribution in [2.75, 3.05) is 32.8 Å². The van der Waals surface area contributed by atoms with Crippen molar-refractivity contribution < 1.29 is 40.1 Å². The molecule has 0 aliphatic carbocycles. The molecule has 0 saturated carbocycles. The minimum atomic E-state index is -1.61. The van der Waals surface area contributed by atoms with Gasteiger partial charge in [-0.15, -0.1) is 0 Å². The summed E-state index contributed by atoms with van der Waals surface area (Å²) in [5.41, 5.74) is -0.762. The Hall–Kier alpha value is -0.610. The molecule has 4 heterocycles. The second-order valence-corrected chi connectivity index (χ2v) is 8.25. The fourth-order valence-electron chi connectivity index (χ4n) is 5.44. The Bertz CT molecular complexity index is 499. The predicted molar refractivity (Wildman–Crippen MR) is 82.1 cm³/mol. The van der Waals surface area contributed by atoms with Gasteiger partial charge in [-0.2, -0.15) is 0 Å². The van der Waals surface area contributed by atoms with Crippen LogP contribution in [-0.4, -0.2) is 94.7 Å². The fourth-order valence-corrected chi connectivity index (χ4v) is 5.44. The molecule has 4 saturated heterocycles. The van der Waals surface area contributed by atoms with Crippen LogP contribution >= 0.6 is 0 Å². The molecule has 4 rings (SSSR count). The standard InChI is InChI=1S/C16H28N2O6/c1-3-16-7-17-5-15(2,14(16)24)6-18(8-16)13(17)12(23)11(22)10(21)9(20)4-19/h9-13,19-23H,3-8H2,1-2H3/p+2/t9-,10-,11-,12-,13?,15?,16?/m1/s1. The number of hydrogen-bond donors (Lipinski definition) is 7. The summed E-state index contributed by atoms with van der Waals surface area (Å²) in [4.78, 5) is 15.0. The number of nitrogens with one attached hydrogen (secondary N) is 2. The van der Waals surface area contributed by atoms with Crippen LogP contribution in [0.15, 0.2) is 0 Å². The number of quaternary nitrogens is 2. The number of carbonyl (C=O) groups is 1. The van der Waals surface area contributed by atoms with Gasteiger partial charge in [0.25, 0.3) is 0 Å². The molecule has 4 aliphatic rings. The minimum Gasteiger partial charge on any atom is -0.394 e. The molecule has 4 fully saturated rings. The van der Waals surface area contributed by atoms with E-state index in [0.29, 0.717) is 32.0 Å². The number of rotatable bonds is 6. The highest BCUT2D eigenvalue weighted by atomic mass is 16.4. The van der Waals surface area contributed by atoms with E-state index in [1.807, 2.05) is 13.8 Å². The normalized spacial score (nSPS) is 46.0. The van der Waals surface area contributed by atoms with Gasteiger partial charge in [0.05, 0.1) is 19.7 Å². The minimum absolute atomic E-state index is 0.328. The molecular weight excluding hydrogens is 316 g/mol. The summed E-state index contributed by atoms with van der Waals surface area (Å²) in [6.07, 6.45) is -5.47. The van der Waals surface area contributed by atoms with E-state index in [9.17, 15) is 25.2 Å². The van der Waals surface area contributed by atoms with Gasteiger partial charge >= 0.3 is 0 Å². The lowest BCUT2D eigenvalue weighted by Gasteiger charge is -2.60.